The molecule has 0 aliphatic rings. The largest absolute Gasteiger partial charge is 0.325 e. The first-order valence-electron chi connectivity index (χ1n) is 4.32. The zero-order valence-electron chi connectivity index (χ0n) is 8.31. The maximum Gasteiger partial charge on any atom is 0.221 e. The van der Waals surface area contributed by atoms with Crippen LogP contribution < -0.4 is 5.32 Å². The molecule has 0 bridgehead atoms. The lowest BCUT2D eigenvalue weighted by atomic mass is 10.1. The Morgan fingerprint density at radius 3 is 2.50 bits per heavy atom. The van der Waals surface area contributed by atoms with Crippen LogP contribution in [-0.2, 0) is 4.79 Å². The summed E-state index contributed by atoms with van der Waals surface area (Å²) in [6, 6.07) is 3.08. The maximum absolute atomic E-state index is 11.6. The Labute approximate surface area is 111 Å². The van der Waals surface area contributed by atoms with E-state index in [0.29, 0.717) is 5.69 Å². The molecule has 1 aromatic rings. The van der Waals surface area contributed by atoms with Crippen molar-refractivity contribution in [3.63, 3.8) is 0 Å². The Morgan fingerprint density at radius 2 is 2.00 bits per heavy atom. The van der Waals surface area contributed by atoms with Crippen molar-refractivity contribution in [1.82, 2.24) is 0 Å². The molecule has 3 nitrogen and oxygen atoms in total. The molecular formula is C10H8BrCl2NO2. The number of hydrogen-bond acceptors (Lipinski definition) is 2. The van der Waals surface area contributed by atoms with E-state index in [4.69, 9.17) is 23.2 Å². The number of carbonyl (C=O) groups is 2. The van der Waals surface area contributed by atoms with Crippen LogP contribution in [0.25, 0.3) is 0 Å². The van der Waals surface area contributed by atoms with E-state index >= 15 is 0 Å². The summed E-state index contributed by atoms with van der Waals surface area (Å²) in [6.45, 7) is 1.36. The third-order valence-electron chi connectivity index (χ3n) is 1.80. The molecule has 0 radical (unpaired) electrons. The minimum absolute atomic E-state index is 0.121. The van der Waals surface area contributed by atoms with Crippen LogP contribution >= 0.6 is 39.1 Å². The van der Waals surface area contributed by atoms with Crippen molar-refractivity contribution in [1.29, 1.82) is 0 Å². The Kier molecular flexibility index (Phi) is 4.77. The highest BCUT2D eigenvalue weighted by molar-refractivity contribution is 9.09. The first-order chi connectivity index (χ1) is 7.47. The van der Waals surface area contributed by atoms with Gasteiger partial charge in [0, 0.05) is 6.92 Å². The fraction of sp³-hybridized carbons (Fsp3) is 0.200. The second-order valence-corrected chi connectivity index (χ2v) is 4.37. The summed E-state index contributed by atoms with van der Waals surface area (Å²) in [4.78, 5) is 22.5. The van der Waals surface area contributed by atoms with Crippen molar-refractivity contribution >= 4 is 56.5 Å². The number of hydrogen-bond donors (Lipinski definition) is 1. The normalized spacial score (nSPS) is 10.0. The van der Waals surface area contributed by atoms with E-state index in [2.05, 4.69) is 21.2 Å². The molecule has 0 aliphatic heterocycles. The smallest absolute Gasteiger partial charge is 0.221 e. The minimum Gasteiger partial charge on any atom is -0.325 e. The predicted octanol–water partition coefficient (Wildman–Crippen LogP) is 3.53. The van der Waals surface area contributed by atoms with E-state index in [9.17, 15) is 9.59 Å². The summed E-state index contributed by atoms with van der Waals surface area (Å²) >= 11 is 14.9. The van der Waals surface area contributed by atoms with Gasteiger partial charge in [-0.3, -0.25) is 9.59 Å². The van der Waals surface area contributed by atoms with Gasteiger partial charge in [0.2, 0.25) is 5.91 Å². The number of halogens is 3. The van der Waals surface area contributed by atoms with Crippen molar-refractivity contribution in [2.45, 2.75) is 6.92 Å². The summed E-state index contributed by atoms with van der Waals surface area (Å²) < 4.78 is 0. The van der Waals surface area contributed by atoms with Gasteiger partial charge in [0.05, 0.1) is 26.6 Å². The highest BCUT2D eigenvalue weighted by atomic mass is 79.9. The Balaban J connectivity index is 3.26. The van der Waals surface area contributed by atoms with E-state index in [1.165, 1.54) is 13.0 Å². The maximum atomic E-state index is 11.6. The molecule has 1 rings (SSSR count). The SMILES string of the molecule is CC(=O)Nc1ccc(Cl)c(C(=O)CBr)c1Cl. The zero-order chi connectivity index (χ0) is 12.3. The molecule has 0 saturated carbocycles. The van der Waals surface area contributed by atoms with Crippen molar-refractivity contribution in [2.75, 3.05) is 10.6 Å². The van der Waals surface area contributed by atoms with Gasteiger partial charge in [-0.15, -0.1) is 0 Å². The second-order valence-electron chi connectivity index (χ2n) is 3.02. The molecule has 0 atom stereocenters. The lowest BCUT2D eigenvalue weighted by molar-refractivity contribution is -0.114. The lowest BCUT2D eigenvalue weighted by Crippen LogP contribution is -2.09. The number of amides is 1. The van der Waals surface area contributed by atoms with Crippen molar-refractivity contribution < 1.29 is 9.59 Å². The predicted molar refractivity (Wildman–Crippen MR) is 68.9 cm³/mol. The minimum atomic E-state index is -0.263. The lowest BCUT2D eigenvalue weighted by Gasteiger charge is -2.10. The fourth-order valence-corrected chi connectivity index (χ4v) is 2.07. The van der Waals surface area contributed by atoms with Crippen LogP contribution in [0.3, 0.4) is 0 Å². The molecular weight excluding hydrogens is 317 g/mol. The molecule has 1 amide bonds. The second kappa shape index (κ2) is 5.66. The third kappa shape index (κ3) is 2.97. The number of rotatable bonds is 3. The molecule has 0 unspecified atom stereocenters. The molecule has 6 heteroatoms. The molecule has 0 aromatic heterocycles. The summed E-state index contributed by atoms with van der Waals surface area (Å²) in [7, 11) is 0. The summed E-state index contributed by atoms with van der Waals surface area (Å²) in [5, 5.41) is 3.07. The van der Waals surface area contributed by atoms with Gasteiger partial charge in [-0.25, -0.2) is 0 Å². The van der Waals surface area contributed by atoms with E-state index < -0.39 is 0 Å². The number of benzene rings is 1. The van der Waals surface area contributed by atoms with Crippen LogP contribution in [0.4, 0.5) is 5.69 Å². The average molecular weight is 325 g/mol. The van der Waals surface area contributed by atoms with Crippen LogP contribution in [0, 0.1) is 0 Å². The van der Waals surface area contributed by atoms with Gasteiger partial charge in [-0.2, -0.15) is 0 Å². The number of nitrogens with one attached hydrogen (secondary N) is 1. The first kappa shape index (κ1) is 13.5. The molecule has 0 heterocycles. The summed E-state index contributed by atoms with van der Waals surface area (Å²) in [5.74, 6) is -0.497. The molecule has 86 valence electrons. The van der Waals surface area contributed by atoms with Crippen LogP contribution in [0.1, 0.15) is 17.3 Å². The Bertz CT molecular complexity index is 449. The van der Waals surface area contributed by atoms with Gasteiger partial charge in [0.15, 0.2) is 5.78 Å². The van der Waals surface area contributed by atoms with Gasteiger partial charge in [-0.05, 0) is 12.1 Å². The molecule has 1 aromatic carbocycles. The van der Waals surface area contributed by atoms with Gasteiger partial charge in [0.25, 0.3) is 0 Å². The molecule has 0 fully saturated rings. The zero-order valence-corrected chi connectivity index (χ0v) is 11.4. The number of ketones is 1. The van der Waals surface area contributed by atoms with Crippen LogP contribution in [0.15, 0.2) is 12.1 Å². The molecule has 0 aliphatic carbocycles. The standard InChI is InChI=1S/C10H8BrCl2NO2/c1-5(15)14-7-3-2-6(12)9(10(7)13)8(16)4-11/h2-3H,4H2,1H3,(H,14,15). The van der Waals surface area contributed by atoms with Crippen LogP contribution in [0.5, 0.6) is 0 Å². The van der Waals surface area contributed by atoms with E-state index in [1.807, 2.05) is 0 Å². The average Bonchev–Trinajstić information content (AvgIpc) is 2.21. The van der Waals surface area contributed by atoms with Crippen LogP contribution in [-0.4, -0.2) is 17.0 Å². The van der Waals surface area contributed by atoms with Gasteiger partial charge in [0.1, 0.15) is 0 Å². The van der Waals surface area contributed by atoms with Gasteiger partial charge in [-0.1, -0.05) is 39.1 Å². The number of anilines is 1. The molecule has 1 N–H and O–H groups in total. The highest BCUT2D eigenvalue weighted by Crippen LogP contribution is 2.32. The molecule has 0 spiro atoms. The number of alkyl halides is 1. The summed E-state index contributed by atoms with van der Waals surface area (Å²) in [6.07, 6.45) is 0. The number of carbonyl (C=O) groups excluding carboxylic acids is 2. The van der Waals surface area contributed by atoms with Gasteiger partial charge >= 0.3 is 0 Å². The monoisotopic (exact) mass is 323 g/mol. The Morgan fingerprint density at radius 1 is 1.38 bits per heavy atom. The quantitative estimate of drug-likeness (QED) is 0.683. The van der Waals surface area contributed by atoms with Crippen molar-refractivity contribution in [3.8, 4) is 0 Å². The fourth-order valence-electron chi connectivity index (χ4n) is 1.16. The van der Waals surface area contributed by atoms with Crippen LogP contribution in [0.2, 0.25) is 10.0 Å². The Hall–Kier alpha value is -0.580. The van der Waals surface area contributed by atoms with Crippen molar-refractivity contribution in [3.05, 3.63) is 27.7 Å². The third-order valence-corrected chi connectivity index (χ3v) is 3.02. The number of Topliss-reactive ketones (excluding diaryl/α,β-unsaturated/α-hetero) is 1. The van der Waals surface area contributed by atoms with E-state index in [1.54, 1.807) is 6.07 Å². The molecule has 0 saturated heterocycles. The first-order valence-corrected chi connectivity index (χ1v) is 6.20. The molecule has 16 heavy (non-hydrogen) atoms. The topological polar surface area (TPSA) is 46.2 Å². The summed E-state index contributed by atoms with van der Waals surface area (Å²) in [5.41, 5.74) is 0.592. The highest BCUT2D eigenvalue weighted by Gasteiger charge is 2.17. The van der Waals surface area contributed by atoms with E-state index in [-0.39, 0.29) is 32.6 Å². The van der Waals surface area contributed by atoms with Gasteiger partial charge < -0.3 is 5.32 Å². The van der Waals surface area contributed by atoms with E-state index in [0.717, 1.165) is 0 Å². The van der Waals surface area contributed by atoms with Crippen molar-refractivity contribution in [2.24, 2.45) is 0 Å².